The highest BCUT2D eigenvalue weighted by Crippen LogP contribution is 2.29. The van der Waals surface area contributed by atoms with E-state index in [0.717, 1.165) is 26.2 Å². The highest BCUT2D eigenvalue weighted by molar-refractivity contribution is 5.80. The van der Waals surface area contributed by atoms with Crippen molar-refractivity contribution in [2.24, 2.45) is 5.92 Å². The maximum Gasteiger partial charge on any atom is 0.227 e. The third-order valence-electron chi connectivity index (χ3n) is 6.26. The predicted octanol–water partition coefficient (Wildman–Crippen LogP) is 2.31. The number of rotatable bonds is 5. The van der Waals surface area contributed by atoms with Gasteiger partial charge in [0.15, 0.2) is 0 Å². The van der Waals surface area contributed by atoms with E-state index in [0.29, 0.717) is 0 Å². The minimum absolute atomic E-state index is 0.0113. The Balaban J connectivity index is 1.44. The number of benzene rings is 2. The molecule has 2 saturated heterocycles. The van der Waals surface area contributed by atoms with Gasteiger partial charge < -0.3 is 5.32 Å². The van der Waals surface area contributed by atoms with E-state index in [4.69, 9.17) is 5.26 Å². The molecule has 0 radical (unpaired) electrons. The molecule has 2 aliphatic rings. The molecule has 0 spiro atoms. The summed E-state index contributed by atoms with van der Waals surface area (Å²) in [6.45, 7) is 5.55. The van der Waals surface area contributed by atoms with Gasteiger partial charge in [-0.3, -0.25) is 19.9 Å². The fraction of sp³-hybridized carbons (Fsp3) is 0.417. The molecule has 0 aromatic heterocycles. The normalized spacial score (nSPS) is 25.6. The van der Waals surface area contributed by atoms with Crippen molar-refractivity contribution in [1.29, 1.82) is 5.26 Å². The van der Waals surface area contributed by atoms with E-state index in [-0.39, 0.29) is 36.6 Å². The van der Waals surface area contributed by atoms with Crippen LogP contribution in [0.4, 0.5) is 0 Å². The number of nitrogens with one attached hydrogen (secondary N) is 2. The van der Waals surface area contributed by atoms with Crippen LogP contribution in [-0.2, 0) is 4.79 Å². The van der Waals surface area contributed by atoms with E-state index in [1.165, 1.54) is 11.1 Å². The minimum Gasteiger partial charge on any atom is -0.328 e. The molecule has 156 valence electrons. The van der Waals surface area contributed by atoms with E-state index >= 15 is 0 Å². The average molecular weight is 404 g/mol. The molecule has 6 nitrogen and oxygen atoms in total. The number of piperazine rings is 1. The van der Waals surface area contributed by atoms with Gasteiger partial charge in [0.25, 0.3) is 0 Å². The molecule has 0 bridgehead atoms. The van der Waals surface area contributed by atoms with Crippen molar-refractivity contribution in [2.75, 3.05) is 26.2 Å². The Labute approximate surface area is 178 Å². The molecule has 0 saturated carbocycles. The maximum absolute atomic E-state index is 12.5. The summed E-state index contributed by atoms with van der Waals surface area (Å²) in [4.78, 5) is 17.3. The van der Waals surface area contributed by atoms with Crippen molar-refractivity contribution >= 4 is 5.91 Å². The summed E-state index contributed by atoms with van der Waals surface area (Å²) < 4.78 is 0. The number of hydrogen-bond acceptors (Lipinski definition) is 5. The lowest BCUT2D eigenvalue weighted by molar-refractivity contribution is -0.132. The Morgan fingerprint density at radius 2 is 1.57 bits per heavy atom. The largest absolute Gasteiger partial charge is 0.328 e. The third kappa shape index (κ3) is 4.39. The lowest BCUT2D eigenvalue weighted by atomic mass is 9.95. The number of nitriles is 1. The Bertz CT molecular complexity index is 834. The second-order valence-corrected chi connectivity index (χ2v) is 8.13. The lowest BCUT2D eigenvalue weighted by Crippen LogP contribution is -2.68. The van der Waals surface area contributed by atoms with Crippen LogP contribution in [0.3, 0.4) is 0 Å². The Hall–Kier alpha value is -2.72. The summed E-state index contributed by atoms with van der Waals surface area (Å²) >= 11 is 0. The first kappa shape index (κ1) is 20.5. The zero-order valence-electron chi connectivity index (χ0n) is 17.4. The summed E-state index contributed by atoms with van der Waals surface area (Å²) in [5.74, 6) is -0.310. The van der Waals surface area contributed by atoms with Crippen LogP contribution in [0.15, 0.2) is 60.7 Å². The first-order chi connectivity index (χ1) is 14.7. The Morgan fingerprint density at radius 1 is 1.00 bits per heavy atom. The molecule has 0 aliphatic carbocycles. The number of carbonyl (C=O) groups is 1. The van der Waals surface area contributed by atoms with Crippen molar-refractivity contribution in [3.05, 3.63) is 71.8 Å². The first-order valence-electron chi connectivity index (χ1n) is 10.7. The number of carbonyl (C=O) groups excluding carboxylic acids is 1. The van der Waals surface area contributed by atoms with Gasteiger partial charge in [-0.25, -0.2) is 0 Å². The fourth-order valence-electron chi connectivity index (χ4n) is 4.58. The molecule has 30 heavy (non-hydrogen) atoms. The molecule has 2 fully saturated rings. The Kier molecular flexibility index (Phi) is 6.44. The van der Waals surface area contributed by atoms with Crippen LogP contribution in [0.1, 0.15) is 30.5 Å². The van der Waals surface area contributed by atoms with Gasteiger partial charge in [-0.1, -0.05) is 60.7 Å². The van der Waals surface area contributed by atoms with Crippen LogP contribution in [0.25, 0.3) is 0 Å². The lowest BCUT2D eigenvalue weighted by Gasteiger charge is -2.45. The number of amides is 1. The summed E-state index contributed by atoms with van der Waals surface area (Å²) in [7, 11) is 0. The highest BCUT2D eigenvalue weighted by atomic mass is 16.2. The van der Waals surface area contributed by atoms with Crippen LogP contribution in [-0.4, -0.2) is 54.2 Å². The molecule has 2 N–H and O–H groups in total. The predicted molar refractivity (Wildman–Crippen MR) is 116 cm³/mol. The van der Waals surface area contributed by atoms with Crippen LogP contribution < -0.4 is 10.6 Å². The molecule has 1 amide bonds. The molecule has 4 rings (SSSR count). The van der Waals surface area contributed by atoms with Gasteiger partial charge in [0.1, 0.15) is 6.29 Å². The zero-order valence-corrected chi connectivity index (χ0v) is 17.4. The SMILES string of the molecule is CC1NC(N2CCN(C(c3ccccc3)c3ccccc3)CC2)NC(=O)C1CC#N. The smallest absolute Gasteiger partial charge is 0.227 e. The van der Waals surface area contributed by atoms with E-state index in [9.17, 15) is 4.79 Å². The third-order valence-corrected chi connectivity index (χ3v) is 6.26. The van der Waals surface area contributed by atoms with Crippen molar-refractivity contribution in [2.45, 2.75) is 31.7 Å². The van der Waals surface area contributed by atoms with Crippen LogP contribution in [0.5, 0.6) is 0 Å². The quantitative estimate of drug-likeness (QED) is 0.802. The summed E-state index contributed by atoms with van der Waals surface area (Å²) in [5.41, 5.74) is 2.60. The van der Waals surface area contributed by atoms with E-state index < -0.39 is 0 Å². The maximum atomic E-state index is 12.5. The molecular weight excluding hydrogens is 374 g/mol. The molecular formula is C24H29N5O. The summed E-state index contributed by atoms with van der Waals surface area (Å²) in [6, 6.07) is 23.6. The first-order valence-corrected chi connectivity index (χ1v) is 10.7. The minimum atomic E-state index is -0.284. The van der Waals surface area contributed by atoms with Gasteiger partial charge in [0, 0.05) is 38.6 Å². The summed E-state index contributed by atoms with van der Waals surface area (Å²) in [6.07, 6.45) is 0.0764. The van der Waals surface area contributed by atoms with Crippen molar-refractivity contribution in [3.63, 3.8) is 0 Å². The van der Waals surface area contributed by atoms with Gasteiger partial charge in [0.05, 0.1) is 18.0 Å². The molecule has 2 heterocycles. The molecule has 3 atom stereocenters. The van der Waals surface area contributed by atoms with E-state index in [1.54, 1.807) is 0 Å². The van der Waals surface area contributed by atoms with Gasteiger partial charge in [-0.15, -0.1) is 0 Å². The second kappa shape index (κ2) is 9.40. The van der Waals surface area contributed by atoms with Gasteiger partial charge in [-0.2, -0.15) is 5.26 Å². The number of nitrogens with zero attached hydrogens (tertiary/aromatic N) is 3. The van der Waals surface area contributed by atoms with Crippen molar-refractivity contribution in [3.8, 4) is 6.07 Å². The Morgan fingerprint density at radius 3 is 2.07 bits per heavy atom. The molecule has 2 aliphatic heterocycles. The van der Waals surface area contributed by atoms with Crippen molar-refractivity contribution < 1.29 is 4.79 Å². The molecule has 2 aromatic rings. The van der Waals surface area contributed by atoms with E-state index in [2.05, 4.69) is 87.2 Å². The highest BCUT2D eigenvalue weighted by Gasteiger charge is 2.37. The van der Waals surface area contributed by atoms with Crippen LogP contribution in [0.2, 0.25) is 0 Å². The molecule has 6 heteroatoms. The van der Waals surface area contributed by atoms with Crippen LogP contribution >= 0.6 is 0 Å². The monoisotopic (exact) mass is 403 g/mol. The second-order valence-electron chi connectivity index (χ2n) is 8.13. The standard InChI is InChI=1S/C24H29N5O/c1-18-21(12-13-25)23(30)27-24(26-18)29-16-14-28(15-17-29)22(19-8-4-2-5-9-19)20-10-6-3-7-11-20/h2-11,18,21-22,24,26H,12,14-17H2,1H3,(H,27,30). The summed E-state index contributed by atoms with van der Waals surface area (Å²) in [5, 5.41) is 15.5. The van der Waals surface area contributed by atoms with Gasteiger partial charge >= 0.3 is 0 Å². The van der Waals surface area contributed by atoms with Gasteiger partial charge in [-0.05, 0) is 18.1 Å². The number of hydrogen-bond donors (Lipinski definition) is 2. The topological polar surface area (TPSA) is 71.4 Å². The molecule has 3 unspecified atom stereocenters. The average Bonchev–Trinajstić information content (AvgIpc) is 2.78. The van der Waals surface area contributed by atoms with E-state index in [1.807, 2.05) is 6.92 Å². The fourth-order valence-corrected chi connectivity index (χ4v) is 4.58. The van der Waals surface area contributed by atoms with Crippen molar-refractivity contribution in [1.82, 2.24) is 20.4 Å². The van der Waals surface area contributed by atoms with Gasteiger partial charge in [0.2, 0.25) is 5.91 Å². The molecule has 2 aromatic carbocycles. The van der Waals surface area contributed by atoms with Crippen LogP contribution in [0, 0.1) is 17.2 Å². The zero-order chi connectivity index (χ0) is 20.9.